The summed E-state index contributed by atoms with van der Waals surface area (Å²) in [7, 11) is 1.70. The highest BCUT2D eigenvalue weighted by Gasteiger charge is 2.10. The monoisotopic (exact) mass is 323 g/mol. The lowest BCUT2D eigenvalue weighted by molar-refractivity contribution is 0.408. The van der Waals surface area contributed by atoms with Crippen LogP contribution in [-0.2, 0) is 6.42 Å². The molecule has 1 N–H and O–H groups in total. The van der Waals surface area contributed by atoms with Gasteiger partial charge in [-0.1, -0.05) is 47.5 Å². The van der Waals surface area contributed by atoms with Gasteiger partial charge in [-0.2, -0.15) is 0 Å². The molecule has 1 atom stereocenters. The van der Waals surface area contributed by atoms with Crippen molar-refractivity contribution in [2.75, 3.05) is 13.7 Å². The van der Waals surface area contributed by atoms with Crippen LogP contribution in [0.4, 0.5) is 0 Å². The Balaban J connectivity index is 1.93. The molecule has 0 bridgehead atoms. The van der Waals surface area contributed by atoms with E-state index in [4.69, 9.17) is 27.9 Å². The maximum absolute atomic E-state index is 6.22. The van der Waals surface area contributed by atoms with Crippen LogP contribution in [-0.4, -0.2) is 13.7 Å². The summed E-state index contributed by atoms with van der Waals surface area (Å²) in [6.07, 6.45) is 0.902. The van der Waals surface area contributed by atoms with E-state index in [-0.39, 0.29) is 6.04 Å². The zero-order valence-electron chi connectivity index (χ0n) is 12.2. The van der Waals surface area contributed by atoms with Crippen molar-refractivity contribution in [1.29, 1.82) is 0 Å². The van der Waals surface area contributed by atoms with E-state index in [1.54, 1.807) is 13.2 Å². The summed E-state index contributed by atoms with van der Waals surface area (Å²) in [5.41, 5.74) is 2.25. The van der Waals surface area contributed by atoms with E-state index in [9.17, 15) is 0 Å². The molecule has 4 heteroatoms. The first-order valence-corrected chi connectivity index (χ1v) is 7.67. The number of rotatable bonds is 6. The van der Waals surface area contributed by atoms with Crippen LogP contribution in [0.25, 0.3) is 0 Å². The Labute approximate surface area is 136 Å². The van der Waals surface area contributed by atoms with Gasteiger partial charge in [0.25, 0.3) is 0 Å². The van der Waals surface area contributed by atoms with E-state index < -0.39 is 0 Å². The number of benzene rings is 2. The predicted octanol–water partition coefficient (Wildman–Crippen LogP) is 4.90. The van der Waals surface area contributed by atoms with Crippen molar-refractivity contribution < 1.29 is 4.74 Å². The Morgan fingerprint density at radius 3 is 2.62 bits per heavy atom. The van der Waals surface area contributed by atoms with E-state index in [0.717, 1.165) is 24.3 Å². The molecule has 2 rings (SSSR count). The molecule has 112 valence electrons. The van der Waals surface area contributed by atoms with Crippen molar-refractivity contribution in [3.8, 4) is 5.75 Å². The van der Waals surface area contributed by atoms with E-state index in [0.29, 0.717) is 10.0 Å². The lowest BCUT2D eigenvalue weighted by Crippen LogP contribution is -2.21. The third-order valence-electron chi connectivity index (χ3n) is 3.47. The molecule has 0 amide bonds. The van der Waals surface area contributed by atoms with Crippen molar-refractivity contribution in [3.05, 3.63) is 63.6 Å². The zero-order chi connectivity index (χ0) is 15.2. The van der Waals surface area contributed by atoms with Crippen molar-refractivity contribution >= 4 is 23.2 Å². The van der Waals surface area contributed by atoms with Crippen LogP contribution in [0.3, 0.4) is 0 Å². The van der Waals surface area contributed by atoms with Gasteiger partial charge >= 0.3 is 0 Å². The molecule has 0 aliphatic carbocycles. The van der Waals surface area contributed by atoms with Crippen LogP contribution in [0, 0.1) is 0 Å². The Bertz CT molecular complexity index is 601. The number of para-hydroxylation sites is 1. The average molecular weight is 324 g/mol. The first kappa shape index (κ1) is 16.2. The van der Waals surface area contributed by atoms with Crippen molar-refractivity contribution in [2.45, 2.75) is 19.4 Å². The fraction of sp³-hybridized carbons (Fsp3) is 0.294. The Morgan fingerprint density at radius 1 is 1.14 bits per heavy atom. The van der Waals surface area contributed by atoms with Crippen LogP contribution in [0.15, 0.2) is 42.5 Å². The molecular weight excluding hydrogens is 305 g/mol. The van der Waals surface area contributed by atoms with Gasteiger partial charge in [-0.3, -0.25) is 0 Å². The van der Waals surface area contributed by atoms with Crippen LogP contribution >= 0.6 is 23.2 Å². The standard InChI is InChI=1S/C17H19Cl2NO/c1-12(15-8-7-14(18)11-16(15)19)20-10-9-13-5-3-4-6-17(13)21-2/h3-8,11-12,20H,9-10H2,1-2H3. The Hall–Kier alpha value is -1.22. The summed E-state index contributed by atoms with van der Waals surface area (Å²) in [4.78, 5) is 0. The average Bonchev–Trinajstić information content (AvgIpc) is 2.47. The van der Waals surface area contributed by atoms with Gasteiger partial charge in [-0.05, 0) is 49.2 Å². The molecule has 0 saturated carbocycles. The molecule has 0 heterocycles. The second-order valence-electron chi connectivity index (χ2n) is 4.90. The van der Waals surface area contributed by atoms with Gasteiger partial charge in [0.05, 0.1) is 7.11 Å². The van der Waals surface area contributed by atoms with Gasteiger partial charge in [0.2, 0.25) is 0 Å². The number of methoxy groups -OCH3 is 1. The highest BCUT2D eigenvalue weighted by atomic mass is 35.5. The Morgan fingerprint density at radius 2 is 1.90 bits per heavy atom. The largest absolute Gasteiger partial charge is 0.496 e. The van der Waals surface area contributed by atoms with Gasteiger partial charge < -0.3 is 10.1 Å². The second kappa shape index (κ2) is 7.69. The molecule has 0 radical (unpaired) electrons. The molecule has 2 aromatic rings. The van der Waals surface area contributed by atoms with Crippen LogP contribution in [0.5, 0.6) is 5.75 Å². The predicted molar refractivity (Wildman–Crippen MR) is 89.6 cm³/mol. The molecule has 0 aliphatic rings. The molecule has 0 spiro atoms. The fourth-order valence-electron chi connectivity index (χ4n) is 2.30. The number of hydrogen-bond acceptors (Lipinski definition) is 2. The highest BCUT2D eigenvalue weighted by Crippen LogP contribution is 2.26. The smallest absolute Gasteiger partial charge is 0.122 e. The summed E-state index contributed by atoms with van der Waals surface area (Å²) in [5.74, 6) is 0.927. The number of halogens is 2. The summed E-state index contributed by atoms with van der Waals surface area (Å²) >= 11 is 12.1. The van der Waals surface area contributed by atoms with Crippen LogP contribution in [0.2, 0.25) is 10.0 Å². The van der Waals surface area contributed by atoms with E-state index >= 15 is 0 Å². The Kier molecular flexibility index (Phi) is 5.92. The number of nitrogens with one attached hydrogen (secondary N) is 1. The number of ether oxygens (including phenoxy) is 1. The summed E-state index contributed by atoms with van der Waals surface area (Å²) < 4.78 is 5.36. The molecule has 2 aromatic carbocycles. The topological polar surface area (TPSA) is 21.3 Å². The van der Waals surface area contributed by atoms with Gasteiger partial charge in [0.1, 0.15) is 5.75 Å². The lowest BCUT2D eigenvalue weighted by atomic mass is 10.1. The van der Waals surface area contributed by atoms with E-state index in [1.165, 1.54) is 5.56 Å². The third kappa shape index (κ3) is 4.37. The molecule has 0 saturated heterocycles. The molecule has 0 aromatic heterocycles. The maximum atomic E-state index is 6.22. The summed E-state index contributed by atoms with van der Waals surface area (Å²) in [6, 6.07) is 13.8. The van der Waals surface area contributed by atoms with E-state index in [1.807, 2.05) is 30.3 Å². The van der Waals surface area contributed by atoms with Gasteiger partial charge in [0, 0.05) is 16.1 Å². The van der Waals surface area contributed by atoms with Gasteiger partial charge in [0.15, 0.2) is 0 Å². The van der Waals surface area contributed by atoms with Crippen molar-refractivity contribution in [1.82, 2.24) is 5.32 Å². The maximum Gasteiger partial charge on any atom is 0.122 e. The minimum absolute atomic E-state index is 0.171. The molecule has 0 aliphatic heterocycles. The van der Waals surface area contributed by atoms with Crippen molar-refractivity contribution in [3.63, 3.8) is 0 Å². The van der Waals surface area contributed by atoms with Crippen LogP contribution in [0.1, 0.15) is 24.1 Å². The minimum Gasteiger partial charge on any atom is -0.496 e. The normalized spacial score (nSPS) is 12.2. The molecule has 21 heavy (non-hydrogen) atoms. The van der Waals surface area contributed by atoms with E-state index in [2.05, 4.69) is 18.3 Å². The SMILES string of the molecule is COc1ccccc1CCNC(C)c1ccc(Cl)cc1Cl. The van der Waals surface area contributed by atoms with Gasteiger partial charge in [-0.15, -0.1) is 0 Å². The lowest BCUT2D eigenvalue weighted by Gasteiger charge is -2.16. The zero-order valence-corrected chi connectivity index (χ0v) is 13.7. The van der Waals surface area contributed by atoms with Crippen molar-refractivity contribution in [2.24, 2.45) is 0 Å². The third-order valence-corrected chi connectivity index (χ3v) is 4.03. The van der Waals surface area contributed by atoms with Crippen LogP contribution < -0.4 is 10.1 Å². The molecule has 0 fully saturated rings. The van der Waals surface area contributed by atoms with Gasteiger partial charge in [-0.25, -0.2) is 0 Å². The molecular formula is C17H19Cl2NO. The first-order valence-electron chi connectivity index (χ1n) is 6.92. The summed E-state index contributed by atoms with van der Waals surface area (Å²) in [6.45, 7) is 2.94. The molecule has 2 nitrogen and oxygen atoms in total. The fourth-order valence-corrected chi connectivity index (χ4v) is 2.87. The molecule has 1 unspecified atom stereocenters. The quantitative estimate of drug-likeness (QED) is 0.816. The summed E-state index contributed by atoms with van der Waals surface area (Å²) in [5, 5.41) is 4.83. The number of hydrogen-bond donors (Lipinski definition) is 1. The minimum atomic E-state index is 0.171. The first-order chi connectivity index (χ1) is 10.1. The second-order valence-corrected chi connectivity index (χ2v) is 5.75. The highest BCUT2D eigenvalue weighted by molar-refractivity contribution is 6.35.